The van der Waals surface area contributed by atoms with Gasteiger partial charge in [0.05, 0.1) is 19.0 Å². The minimum Gasteiger partial charge on any atom is -0.490 e. The first-order valence-electron chi connectivity index (χ1n) is 6.99. The van der Waals surface area contributed by atoms with E-state index < -0.39 is 10.0 Å². The van der Waals surface area contributed by atoms with Gasteiger partial charge in [-0.25, -0.2) is 12.7 Å². The van der Waals surface area contributed by atoms with Crippen molar-refractivity contribution in [2.75, 3.05) is 39.6 Å². The summed E-state index contributed by atoms with van der Waals surface area (Å²) >= 11 is 0. The molecule has 0 saturated carbocycles. The SMILES string of the molecule is CN(C)S(=O)(=O)CCNCc1cccc2c1OCCCO2. The van der Waals surface area contributed by atoms with Crippen LogP contribution in [0.3, 0.4) is 0 Å². The fourth-order valence-corrected chi connectivity index (χ4v) is 2.77. The number of benzene rings is 1. The molecule has 0 aliphatic carbocycles. The highest BCUT2D eigenvalue weighted by molar-refractivity contribution is 7.89. The van der Waals surface area contributed by atoms with Gasteiger partial charge in [-0.2, -0.15) is 0 Å². The maximum Gasteiger partial charge on any atom is 0.214 e. The molecule has 1 heterocycles. The predicted octanol–water partition coefficient (Wildman–Crippen LogP) is 0.829. The Kier molecular flexibility index (Phi) is 5.44. The molecule has 21 heavy (non-hydrogen) atoms. The van der Waals surface area contributed by atoms with Crippen molar-refractivity contribution in [3.05, 3.63) is 23.8 Å². The maximum atomic E-state index is 11.7. The van der Waals surface area contributed by atoms with E-state index in [0.29, 0.717) is 26.3 Å². The quantitative estimate of drug-likeness (QED) is 0.788. The minimum absolute atomic E-state index is 0.0758. The third-order valence-corrected chi connectivity index (χ3v) is 5.09. The first-order valence-corrected chi connectivity index (χ1v) is 8.60. The molecule has 1 aliphatic heterocycles. The number of nitrogens with one attached hydrogen (secondary N) is 1. The van der Waals surface area contributed by atoms with Crippen LogP contribution < -0.4 is 14.8 Å². The van der Waals surface area contributed by atoms with E-state index in [1.54, 1.807) is 0 Å². The zero-order valence-electron chi connectivity index (χ0n) is 12.5. The van der Waals surface area contributed by atoms with Crippen molar-refractivity contribution in [1.29, 1.82) is 0 Å². The van der Waals surface area contributed by atoms with E-state index in [1.165, 1.54) is 18.4 Å². The van der Waals surface area contributed by atoms with Crippen molar-refractivity contribution < 1.29 is 17.9 Å². The van der Waals surface area contributed by atoms with Crippen molar-refractivity contribution in [2.45, 2.75) is 13.0 Å². The van der Waals surface area contributed by atoms with Gasteiger partial charge in [0.2, 0.25) is 10.0 Å². The van der Waals surface area contributed by atoms with Crippen molar-refractivity contribution in [3.63, 3.8) is 0 Å². The molecule has 0 amide bonds. The summed E-state index contributed by atoms with van der Waals surface area (Å²) in [4.78, 5) is 0. The molecular weight excluding hydrogens is 292 g/mol. The van der Waals surface area contributed by atoms with Gasteiger partial charge in [-0.05, 0) is 6.07 Å². The fourth-order valence-electron chi connectivity index (χ4n) is 2.00. The van der Waals surface area contributed by atoms with Gasteiger partial charge in [0, 0.05) is 39.2 Å². The fraction of sp³-hybridized carbons (Fsp3) is 0.571. The Morgan fingerprint density at radius 1 is 1.24 bits per heavy atom. The lowest BCUT2D eigenvalue weighted by molar-refractivity contribution is 0.296. The van der Waals surface area contributed by atoms with Gasteiger partial charge in [0.1, 0.15) is 0 Å². The summed E-state index contributed by atoms with van der Waals surface area (Å²) in [5.41, 5.74) is 0.983. The molecule has 0 spiro atoms. The number of hydrogen-bond acceptors (Lipinski definition) is 5. The highest BCUT2D eigenvalue weighted by Crippen LogP contribution is 2.32. The van der Waals surface area contributed by atoms with Crippen LogP contribution in [0.15, 0.2) is 18.2 Å². The average Bonchev–Trinajstić information content (AvgIpc) is 2.69. The van der Waals surface area contributed by atoms with Crippen LogP contribution in [0, 0.1) is 0 Å². The smallest absolute Gasteiger partial charge is 0.214 e. The molecule has 1 aromatic carbocycles. The second kappa shape index (κ2) is 7.11. The van der Waals surface area contributed by atoms with Crippen LogP contribution in [0.25, 0.3) is 0 Å². The van der Waals surface area contributed by atoms with E-state index in [1.807, 2.05) is 18.2 Å². The Morgan fingerprint density at radius 3 is 2.76 bits per heavy atom. The largest absolute Gasteiger partial charge is 0.490 e. The van der Waals surface area contributed by atoms with Gasteiger partial charge in [-0.1, -0.05) is 12.1 Å². The third-order valence-electron chi connectivity index (χ3n) is 3.26. The van der Waals surface area contributed by atoms with Gasteiger partial charge < -0.3 is 14.8 Å². The minimum atomic E-state index is -3.16. The molecule has 0 atom stereocenters. The molecule has 6 nitrogen and oxygen atoms in total. The lowest BCUT2D eigenvalue weighted by Gasteiger charge is -2.14. The van der Waals surface area contributed by atoms with Crippen LogP contribution in [-0.4, -0.2) is 52.3 Å². The molecule has 7 heteroatoms. The molecule has 1 aromatic rings. The second-order valence-corrected chi connectivity index (χ2v) is 7.37. The lowest BCUT2D eigenvalue weighted by atomic mass is 10.2. The molecule has 0 unspecified atom stereocenters. The third kappa shape index (κ3) is 4.33. The maximum absolute atomic E-state index is 11.7. The number of nitrogens with zero attached hydrogens (tertiary/aromatic N) is 1. The highest BCUT2D eigenvalue weighted by atomic mass is 32.2. The summed E-state index contributed by atoms with van der Waals surface area (Å²) < 4.78 is 35.9. The van der Waals surface area contributed by atoms with Crippen LogP contribution in [0.1, 0.15) is 12.0 Å². The lowest BCUT2D eigenvalue weighted by Crippen LogP contribution is -2.31. The standard InChI is InChI=1S/C14H22N2O4S/c1-16(2)21(17,18)10-7-15-11-12-5-3-6-13-14(12)20-9-4-8-19-13/h3,5-6,15H,4,7-11H2,1-2H3. The molecule has 1 N–H and O–H groups in total. The Labute approximate surface area is 126 Å². The Balaban J connectivity index is 1.92. The number of para-hydroxylation sites is 1. The number of sulfonamides is 1. The van der Waals surface area contributed by atoms with Gasteiger partial charge in [-0.3, -0.25) is 0 Å². The summed E-state index contributed by atoms with van der Waals surface area (Å²) in [6.45, 7) is 2.24. The zero-order chi connectivity index (χ0) is 15.3. The van der Waals surface area contributed by atoms with Crippen LogP contribution in [0.5, 0.6) is 11.5 Å². The summed E-state index contributed by atoms with van der Waals surface area (Å²) in [5, 5.41) is 3.14. The molecule has 118 valence electrons. The Morgan fingerprint density at radius 2 is 2.00 bits per heavy atom. The zero-order valence-corrected chi connectivity index (χ0v) is 13.3. The molecule has 0 radical (unpaired) electrons. The predicted molar refractivity (Wildman–Crippen MR) is 81.2 cm³/mol. The van der Waals surface area contributed by atoms with Gasteiger partial charge in [0.15, 0.2) is 11.5 Å². The number of rotatable bonds is 6. The van der Waals surface area contributed by atoms with Crippen molar-refractivity contribution in [1.82, 2.24) is 9.62 Å². The summed E-state index contributed by atoms with van der Waals surface area (Å²) in [7, 11) is -0.0824. The van der Waals surface area contributed by atoms with Crippen molar-refractivity contribution >= 4 is 10.0 Å². The van der Waals surface area contributed by atoms with E-state index in [-0.39, 0.29) is 5.75 Å². The molecule has 0 aromatic heterocycles. The average molecular weight is 314 g/mol. The van der Waals surface area contributed by atoms with Crippen LogP contribution in [0.4, 0.5) is 0 Å². The van der Waals surface area contributed by atoms with E-state index in [9.17, 15) is 8.42 Å². The van der Waals surface area contributed by atoms with Gasteiger partial charge in [0.25, 0.3) is 0 Å². The first-order chi connectivity index (χ1) is 10.0. The molecular formula is C14H22N2O4S. The number of ether oxygens (including phenoxy) is 2. The summed E-state index contributed by atoms with van der Waals surface area (Å²) in [6.07, 6.45) is 0.864. The highest BCUT2D eigenvalue weighted by Gasteiger charge is 2.15. The summed E-state index contributed by atoms with van der Waals surface area (Å²) in [6, 6.07) is 5.77. The Hall–Kier alpha value is -1.31. The van der Waals surface area contributed by atoms with Gasteiger partial charge in [-0.15, -0.1) is 0 Å². The molecule has 1 aliphatic rings. The molecule has 0 fully saturated rings. The normalized spacial score (nSPS) is 15.0. The van der Waals surface area contributed by atoms with E-state index >= 15 is 0 Å². The van der Waals surface area contributed by atoms with Crippen molar-refractivity contribution in [3.8, 4) is 11.5 Å². The van der Waals surface area contributed by atoms with Gasteiger partial charge >= 0.3 is 0 Å². The molecule has 0 bridgehead atoms. The van der Waals surface area contributed by atoms with E-state index in [0.717, 1.165) is 23.5 Å². The number of hydrogen-bond donors (Lipinski definition) is 1. The Bertz CT molecular complexity index is 572. The van der Waals surface area contributed by atoms with Crippen LogP contribution in [-0.2, 0) is 16.6 Å². The number of fused-ring (bicyclic) bond motifs is 1. The second-order valence-electron chi connectivity index (χ2n) is 5.07. The topological polar surface area (TPSA) is 67.9 Å². The molecule has 2 rings (SSSR count). The van der Waals surface area contributed by atoms with Crippen LogP contribution >= 0.6 is 0 Å². The monoisotopic (exact) mass is 314 g/mol. The first kappa shape index (κ1) is 16.1. The van der Waals surface area contributed by atoms with Crippen LogP contribution in [0.2, 0.25) is 0 Å². The van der Waals surface area contributed by atoms with E-state index in [4.69, 9.17) is 9.47 Å². The van der Waals surface area contributed by atoms with Crippen molar-refractivity contribution in [2.24, 2.45) is 0 Å². The van der Waals surface area contributed by atoms with E-state index in [2.05, 4.69) is 5.32 Å². The molecule has 0 saturated heterocycles. The summed E-state index contributed by atoms with van der Waals surface area (Å²) in [5.74, 6) is 1.59.